The molecule has 84 valence electrons. The maximum atomic E-state index is 9.37. The second-order valence-electron chi connectivity index (χ2n) is 4.78. The van der Waals surface area contributed by atoms with Crippen LogP contribution in [0.5, 0.6) is 0 Å². The monoisotopic (exact) mass is 215 g/mol. The van der Waals surface area contributed by atoms with Crippen LogP contribution in [0.25, 0.3) is 10.9 Å². The van der Waals surface area contributed by atoms with Gasteiger partial charge in [-0.05, 0) is 30.2 Å². The van der Waals surface area contributed by atoms with Crippen LogP contribution in [0.3, 0.4) is 0 Å². The van der Waals surface area contributed by atoms with Gasteiger partial charge in [0.15, 0.2) is 0 Å². The van der Waals surface area contributed by atoms with Crippen LogP contribution in [-0.2, 0) is 13.2 Å². The second kappa shape index (κ2) is 3.95. The van der Waals surface area contributed by atoms with Crippen molar-refractivity contribution in [2.24, 2.45) is 5.92 Å². The first kappa shape index (κ1) is 9.91. The average Bonchev–Trinajstić information content (AvgIpc) is 2.66. The van der Waals surface area contributed by atoms with Gasteiger partial charge in [0.05, 0.1) is 12.1 Å². The minimum atomic E-state index is 0.131. The third-order valence-corrected chi connectivity index (χ3v) is 3.72. The van der Waals surface area contributed by atoms with Crippen molar-refractivity contribution in [3.63, 3.8) is 0 Å². The zero-order chi connectivity index (χ0) is 11.0. The van der Waals surface area contributed by atoms with Gasteiger partial charge in [-0.1, -0.05) is 24.6 Å². The van der Waals surface area contributed by atoms with Crippen LogP contribution >= 0.6 is 0 Å². The van der Waals surface area contributed by atoms with Crippen molar-refractivity contribution in [1.29, 1.82) is 0 Å². The number of aliphatic hydroxyl groups excluding tert-OH is 1. The number of aromatic nitrogens is 1. The third-order valence-electron chi connectivity index (χ3n) is 3.72. The van der Waals surface area contributed by atoms with Crippen LogP contribution in [0.4, 0.5) is 0 Å². The summed E-state index contributed by atoms with van der Waals surface area (Å²) in [5.74, 6) is 0.849. The summed E-state index contributed by atoms with van der Waals surface area (Å²) in [5, 5.41) is 10.6. The van der Waals surface area contributed by atoms with E-state index in [0.29, 0.717) is 0 Å². The largest absolute Gasteiger partial charge is 0.392 e. The van der Waals surface area contributed by atoms with Crippen LogP contribution in [0.1, 0.15) is 24.8 Å². The molecule has 0 spiro atoms. The molecule has 0 unspecified atom stereocenters. The van der Waals surface area contributed by atoms with E-state index in [1.165, 1.54) is 30.2 Å². The molecule has 1 aromatic carbocycles. The van der Waals surface area contributed by atoms with Gasteiger partial charge in [0, 0.05) is 18.3 Å². The Kier molecular flexibility index (Phi) is 2.44. The Hall–Kier alpha value is -1.28. The standard InChI is InChI=1S/C14H17NO/c16-10-13-6-2-5-12-7-8-15(14(12)13)9-11-3-1-4-11/h2,5-8,11,16H,1,3-4,9-10H2. The Balaban J connectivity index is 2.02. The SMILES string of the molecule is OCc1cccc2ccn(CC3CCC3)c12. The Labute approximate surface area is 95.5 Å². The van der Waals surface area contributed by atoms with E-state index in [0.717, 1.165) is 18.0 Å². The number of para-hydroxylation sites is 1. The summed E-state index contributed by atoms with van der Waals surface area (Å²) in [4.78, 5) is 0. The lowest BCUT2D eigenvalue weighted by Crippen LogP contribution is -2.17. The average molecular weight is 215 g/mol. The van der Waals surface area contributed by atoms with Gasteiger partial charge in [0.2, 0.25) is 0 Å². The van der Waals surface area contributed by atoms with Gasteiger partial charge in [-0.15, -0.1) is 0 Å². The molecule has 0 atom stereocenters. The molecule has 3 rings (SSSR count). The molecular formula is C14H17NO. The Morgan fingerprint density at radius 1 is 1.25 bits per heavy atom. The van der Waals surface area contributed by atoms with Gasteiger partial charge >= 0.3 is 0 Å². The fourth-order valence-corrected chi connectivity index (χ4v) is 2.57. The number of hydrogen-bond donors (Lipinski definition) is 1. The molecule has 0 aliphatic heterocycles. The summed E-state index contributed by atoms with van der Waals surface area (Å²) in [5.41, 5.74) is 2.26. The number of nitrogens with zero attached hydrogens (tertiary/aromatic N) is 1. The first-order valence-corrected chi connectivity index (χ1v) is 6.06. The quantitative estimate of drug-likeness (QED) is 0.836. The molecule has 1 heterocycles. The molecule has 0 bridgehead atoms. The summed E-state index contributed by atoms with van der Waals surface area (Å²) in [6.07, 6.45) is 6.26. The molecule has 0 saturated heterocycles. The van der Waals surface area contributed by atoms with Crippen molar-refractivity contribution in [3.05, 3.63) is 36.0 Å². The van der Waals surface area contributed by atoms with Crippen molar-refractivity contribution in [3.8, 4) is 0 Å². The highest BCUT2D eigenvalue weighted by molar-refractivity contribution is 5.83. The lowest BCUT2D eigenvalue weighted by molar-refractivity contribution is 0.274. The van der Waals surface area contributed by atoms with Crippen molar-refractivity contribution < 1.29 is 5.11 Å². The summed E-state index contributed by atoms with van der Waals surface area (Å²) < 4.78 is 2.31. The normalized spacial score (nSPS) is 16.6. The third kappa shape index (κ3) is 1.54. The highest BCUT2D eigenvalue weighted by atomic mass is 16.3. The molecule has 2 heteroatoms. The summed E-state index contributed by atoms with van der Waals surface area (Å²) in [6, 6.07) is 8.29. The number of hydrogen-bond acceptors (Lipinski definition) is 1. The molecule has 2 aromatic rings. The lowest BCUT2D eigenvalue weighted by atomic mass is 9.85. The second-order valence-corrected chi connectivity index (χ2v) is 4.78. The van der Waals surface area contributed by atoms with Crippen molar-refractivity contribution in [2.45, 2.75) is 32.4 Å². The van der Waals surface area contributed by atoms with E-state index in [9.17, 15) is 5.11 Å². The van der Waals surface area contributed by atoms with Crippen molar-refractivity contribution in [1.82, 2.24) is 4.57 Å². The van der Waals surface area contributed by atoms with Crippen LogP contribution in [0.2, 0.25) is 0 Å². The molecule has 1 fully saturated rings. The van der Waals surface area contributed by atoms with E-state index in [2.05, 4.69) is 22.9 Å². The van der Waals surface area contributed by atoms with Crippen LogP contribution in [0, 0.1) is 5.92 Å². The van der Waals surface area contributed by atoms with E-state index >= 15 is 0 Å². The summed E-state index contributed by atoms with van der Waals surface area (Å²) in [7, 11) is 0. The first-order valence-electron chi connectivity index (χ1n) is 6.06. The Bertz CT molecular complexity index is 496. The minimum Gasteiger partial charge on any atom is -0.392 e. The maximum absolute atomic E-state index is 9.37. The molecule has 1 aliphatic rings. The predicted molar refractivity (Wildman–Crippen MR) is 65.2 cm³/mol. The van der Waals surface area contributed by atoms with Gasteiger partial charge in [-0.2, -0.15) is 0 Å². The number of benzene rings is 1. The summed E-state index contributed by atoms with van der Waals surface area (Å²) in [6.45, 7) is 1.24. The van der Waals surface area contributed by atoms with Crippen LogP contribution in [-0.4, -0.2) is 9.67 Å². The molecule has 2 nitrogen and oxygen atoms in total. The Morgan fingerprint density at radius 2 is 2.12 bits per heavy atom. The minimum absolute atomic E-state index is 0.131. The molecular weight excluding hydrogens is 198 g/mol. The van der Waals surface area contributed by atoms with E-state index in [-0.39, 0.29) is 6.61 Å². The van der Waals surface area contributed by atoms with Gasteiger partial charge in [0.1, 0.15) is 0 Å². The zero-order valence-corrected chi connectivity index (χ0v) is 9.39. The number of aliphatic hydroxyl groups is 1. The molecule has 0 radical (unpaired) electrons. The van der Waals surface area contributed by atoms with E-state index in [1.54, 1.807) is 0 Å². The molecule has 1 saturated carbocycles. The van der Waals surface area contributed by atoms with Gasteiger partial charge < -0.3 is 9.67 Å². The highest BCUT2D eigenvalue weighted by Crippen LogP contribution is 2.30. The van der Waals surface area contributed by atoms with Crippen LogP contribution in [0.15, 0.2) is 30.5 Å². The zero-order valence-electron chi connectivity index (χ0n) is 9.39. The maximum Gasteiger partial charge on any atom is 0.0702 e. The number of fused-ring (bicyclic) bond motifs is 1. The lowest BCUT2D eigenvalue weighted by Gasteiger charge is -2.26. The van der Waals surface area contributed by atoms with Gasteiger partial charge in [-0.3, -0.25) is 0 Å². The molecule has 0 amide bonds. The van der Waals surface area contributed by atoms with Crippen molar-refractivity contribution >= 4 is 10.9 Å². The molecule has 1 aromatic heterocycles. The first-order chi connectivity index (χ1) is 7.88. The van der Waals surface area contributed by atoms with E-state index in [1.807, 2.05) is 12.1 Å². The van der Waals surface area contributed by atoms with Gasteiger partial charge in [-0.25, -0.2) is 0 Å². The Morgan fingerprint density at radius 3 is 2.81 bits per heavy atom. The molecule has 1 N–H and O–H groups in total. The number of rotatable bonds is 3. The predicted octanol–water partition coefficient (Wildman–Crippen LogP) is 2.93. The molecule has 1 aliphatic carbocycles. The van der Waals surface area contributed by atoms with Gasteiger partial charge in [0.25, 0.3) is 0 Å². The van der Waals surface area contributed by atoms with E-state index < -0.39 is 0 Å². The van der Waals surface area contributed by atoms with E-state index in [4.69, 9.17) is 0 Å². The topological polar surface area (TPSA) is 25.2 Å². The summed E-state index contributed by atoms with van der Waals surface area (Å²) >= 11 is 0. The van der Waals surface area contributed by atoms with Crippen molar-refractivity contribution in [2.75, 3.05) is 0 Å². The highest BCUT2D eigenvalue weighted by Gasteiger charge is 2.18. The molecule has 16 heavy (non-hydrogen) atoms. The fraction of sp³-hybridized carbons (Fsp3) is 0.429. The smallest absolute Gasteiger partial charge is 0.0702 e. The fourth-order valence-electron chi connectivity index (χ4n) is 2.57. The van der Waals surface area contributed by atoms with Crippen LogP contribution < -0.4 is 0 Å².